The summed E-state index contributed by atoms with van der Waals surface area (Å²) in [6.45, 7) is 6.27. The number of benzene rings is 1. The summed E-state index contributed by atoms with van der Waals surface area (Å²) in [5.41, 5.74) is 4.09. The topological polar surface area (TPSA) is 102 Å². The first-order valence-electron chi connectivity index (χ1n) is 11.0. The Hall–Kier alpha value is -4.01. The predicted octanol–water partition coefficient (Wildman–Crippen LogP) is 3.62. The van der Waals surface area contributed by atoms with E-state index >= 15 is 0 Å². The van der Waals surface area contributed by atoms with E-state index in [1.807, 2.05) is 34.9 Å². The molecule has 3 aliphatic rings. The van der Waals surface area contributed by atoms with Crippen molar-refractivity contribution in [2.75, 3.05) is 17.4 Å². The molecule has 1 unspecified atom stereocenters. The van der Waals surface area contributed by atoms with Gasteiger partial charge in [-0.25, -0.2) is 4.98 Å². The lowest BCUT2D eigenvalue weighted by molar-refractivity contribution is -0.118. The molecule has 3 N–H and O–H groups in total. The lowest BCUT2D eigenvalue weighted by Gasteiger charge is -2.17. The molecule has 9 heteroatoms. The van der Waals surface area contributed by atoms with Crippen molar-refractivity contribution >= 4 is 29.3 Å². The average molecular weight is 444 g/mol. The maximum Gasteiger partial charge on any atom is 0.231 e. The number of amides is 1. The summed E-state index contributed by atoms with van der Waals surface area (Å²) >= 11 is 0. The second-order valence-corrected chi connectivity index (χ2v) is 8.63. The standard InChI is InChI=1S/C24H24N6O3/c1-13(15-3-6-19-20(8-15)33-12-32-19)26-21-10-22(28-18-4-5-18)30-24(29-21)17(11-25-30)7-16-9-23(31)27-14(16)2/h3,6-8,10-11,13,18,28H,2,4-5,9,12H2,1H3,(H,26,29)(H,27,31)/b16-7+. The predicted molar refractivity (Wildman–Crippen MR) is 124 cm³/mol. The van der Waals surface area contributed by atoms with Crippen molar-refractivity contribution in [3.05, 3.63) is 59.4 Å². The summed E-state index contributed by atoms with van der Waals surface area (Å²) in [5.74, 6) is 3.08. The number of carbonyl (C=O) groups excluding carboxylic acids is 1. The van der Waals surface area contributed by atoms with Crippen molar-refractivity contribution < 1.29 is 14.3 Å². The zero-order valence-electron chi connectivity index (χ0n) is 18.2. The van der Waals surface area contributed by atoms with Gasteiger partial charge in [-0.1, -0.05) is 12.6 Å². The molecule has 1 aromatic carbocycles. The summed E-state index contributed by atoms with van der Waals surface area (Å²) in [7, 11) is 0. The molecule has 0 bridgehead atoms. The van der Waals surface area contributed by atoms with Gasteiger partial charge in [0.2, 0.25) is 12.7 Å². The summed E-state index contributed by atoms with van der Waals surface area (Å²) in [6, 6.07) is 8.38. The third-order valence-electron chi connectivity index (χ3n) is 6.05. The highest BCUT2D eigenvalue weighted by Gasteiger charge is 2.24. The Balaban J connectivity index is 1.35. The molecule has 33 heavy (non-hydrogen) atoms. The van der Waals surface area contributed by atoms with Crippen LogP contribution in [0.4, 0.5) is 11.6 Å². The van der Waals surface area contributed by atoms with E-state index in [9.17, 15) is 4.79 Å². The molecule has 3 aromatic rings. The molecule has 0 radical (unpaired) electrons. The van der Waals surface area contributed by atoms with Crippen LogP contribution in [0, 0.1) is 0 Å². The van der Waals surface area contributed by atoms with E-state index in [-0.39, 0.29) is 18.7 Å². The van der Waals surface area contributed by atoms with E-state index in [1.165, 1.54) is 0 Å². The van der Waals surface area contributed by atoms with Crippen LogP contribution < -0.4 is 25.4 Å². The van der Waals surface area contributed by atoms with Crippen LogP contribution in [0.15, 0.2) is 48.3 Å². The monoisotopic (exact) mass is 444 g/mol. The summed E-state index contributed by atoms with van der Waals surface area (Å²) in [6.07, 6.45) is 6.30. The van der Waals surface area contributed by atoms with Gasteiger partial charge in [-0.05, 0) is 49.1 Å². The fourth-order valence-corrected chi connectivity index (χ4v) is 4.08. The zero-order chi connectivity index (χ0) is 22.5. The molecule has 9 nitrogen and oxygen atoms in total. The van der Waals surface area contributed by atoms with E-state index in [4.69, 9.17) is 14.5 Å². The van der Waals surface area contributed by atoms with Crippen molar-refractivity contribution in [1.29, 1.82) is 0 Å². The number of hydrogen-bond acceptors (Lipinski definition) is 7. The van der Waals surface area contributed by atoms with Crippen LogP contribution >= 0.6 is 0 Å². The Bertz CT molecular complexity index is 1320. The molecule has 2 aromatic heterocycles. The van der Waals surface area contributed by atoms with Crippen LogP contribution in [0.2, 0.25) is 0 Å². The minimum atomic E-state index is -0.0494. The Morgan fingerprint density at radius 3 is 2.91 bits per heavy atom. The molecular formula is C24H24N6O3. The van der Waals surface area contributed by atoms with Gasteiger partial charge in [0.25, 0.3) is 0 Å². The summed E-state index contributed by atoms with van der Waals surface area (Å²) < 4.78 is 12.8. The third-order valence-corrected chi connectivity index (χ3v) is 6.05. The number of ether oxygens (including phenoxy) is 2. The zero-order valence-corrected chi connectivity index (χ0v) is 18.2. The average Bonchev–Trinajstić information content (AvgIpc) is 3.18. The van der Waals surface area contributed by atoms with Crippen LogP contribution in [0.25, 0.3) is 11.7 Å². The van der Waals surface area contributed by atoms with Crippen LogP contribution in [0.1, 0.15) is 43.4 Å². The highest BCUT2D eigenvalue weighted by Crippen LogP contribution is 2.35. The number of anilines is 2. The lowest BCUT2D eigenvalue weighted by atomic mass is 10.1. The second-order valence-electron chi connectivity index (χ2n) is 8.63. The van der Waals surface area contributed by atoms with Gasteiger partial charge in [-0.2, -0.15) is 9.61 Å². The molecule has 4 heterocycles. The summed E-state index contributed by atoms with van der Waals surface area (Å²) in [4.78, 5) is 16.6. The maximum absolute atomic E-state index is 11.7. The van der Waals surface area contributed by atoms with E-state index in [0.29, 0.717) is 23.8 Å². The largest absolute Gasteiger partial charge is 0.454 e. The first-order valence-corrected chi connectivity index (χ1v) is 11.0. The quantitative estimate of drug-likeness (QED) is 0.534. The molecule has 6 rings (SSSR count). The number of rotatable bonds is 6. The smallest absolute Gasteiger partial charge is 0.231 e. The number of allylic oxidation sites excluding steroid dienone is 1. The van der Waals surface area contributed by atoms with Gasteiger partial charge in [0.15, 0.2) is 17.1 Å². The Labute approximate surface area is 190 Å². The molecule has 168 valence electrons. The van der Waals surface area contributed by atoms with Crippen molar-refractivity contribution in [3.63, 3.8) is 0 Å². The second kappa shape index (κ2) is 7.54. The minimum absolute atomic E-state index is 0.00983. The third kappa shape index (κ3) is 3.75. The molecule has 1 amide bonds. The van der Waals surface area contributed by atoms with E-state index in [1.54, 1.807) is 6.20 Å². The molecule has 2 fully saturated rings. The molecule has 1 saturated carbocycles. The first kappa shape index (κ1) is 19.7. The number of nitrogens with zero attached hydrogens (tertiary/aromatic N) is 3. The first-order chi connectivity index (χ1) is 16.0. The van der Waals surface area contributed by atoms with Gasteiger partial charge >= 0.3 is 0 Å². The van der Waals surface area contributed by atoms with E-state index in [0.717, 1.165) is 52.7 Å². The number of hydrogen-bond donors (Lipinski definition) is 3. The van der Waals surface area contributed by atoms with Gasteiger partial charge in [0, 0.05) is 23.4 Å². The van der Waals surface area contributed by atoms with Crippen molar-refractivity contribution in [2.45, 2.75) is 38.3 Å². The van der Waals surface area contributed by atoms with Gasteiger partial charge in [0.1, 0.15) is 11.6 Å². The van der Waals surface area contributed by atoms with Crippen LogP contribution in [-0.4, -0.2) is 33.3 Å². The highest BCUT2D eigenvalue weighted by molar-refractivity contribution is 5.89. The SMILES string of the molecule is C=C1NC(=O)C/C1=C\c1cnn2c(NC3CC3)cc(NC(C)c3ccc4c(c3)OCO4)nc12. The van der Waals surface area contributed by atoms with Crippen molar-refractivity contribution in [2.24, 2.45) is 0 Å². The van der Waals surface area contributed by atoms with Gasteiger partial charge < -0.3 is 25.4 Å². The molecule has 2 aliphatic heterocycles. The number of carbonyl (C=O) groups is 1. The number of fused-ring (bicyclic) bond motifs is 2. The van der Waals surface area contributed by atoms with Crippen LogP contribution in [0.5, 0.6) is 11.5 Å². The molecule has 1 saturated heterocycles. The van der Waals surface area contributed by atoms with E-state index in [2.05, 4.69) is 34.6 Å². The molecule has 1 atom stereocenters. The molecule has 0 spiro atoms. The van der Waals surface area contributed by atoms with Crippen molar-refractivity contribution in [3.8, 4) is 11.5 Å². The van der Waals surface area contributed by atoms with Crippen LogP contribution in [0.3, 0.4) is 0 Å². The maximum atomic E-state index is 11.7. The van der Waals surface area contributed by atoms with Gasteiger partial charge in [0.05, 0.1) is 18.7 Å². The molecular weight excluding hydrogens is 420 g/mol. The fraction of sp³-hybridized carbons (Fsp3) is 0.292. The summed E-state index contributed by atoms with van der Waals surface area (Å²) in [5, 5.41) is 14.4. The highest BCUT2D eigenvalue weighted by atomic mass is 16.7. The van der Waals surface area contributed by atoms with Gasteiger partial charge in [-0.3, -0.25) is 4.79 Å². The molecule has 1 aliphatic carbocycles. The normalized spacial score (nSPS) is 19.2. The minimum Gasteiger partial charge on any atom is -0.454 e. The van der Waals surface area contributed by atoms with Crippen LogP contribution in [-0.2, 0) is 4.79 Å². The van der Waals surface area contributed by atoms with E-state index < -0.39 is 0 Å². The lowest BCUT2D eigenvalue weighted by Crippen LogP contribution is -2.12. The van der Waals surface area contributed by atoms with Gasteiger partial charge in [-0.15, -0.1) is 0 Å². The fourth-order valence-electron chi connectivity index (χ4n) is 4.08. The number of nitrogens with one attached hydrogen (secondary N) is 3. The Morgan fingerprint density at radius 2 is 2.12 bits per heavy atom. The van der Waals surface area contributed by atoms with Crippen molar-refractivity contribution in [1.82, 2.24) is 19.9 Å². The Morgan fingerprint density at radius 1 is 1.27 bits per heavy atom. The number of aromatic nitrogens is 3. The Kier molecular flexibility index (Phi) is 4.49.